The van der Waals surface area contributed by atoms with Crippen molar-refractivity contribution in [2.24, 2.45) is 0 Å². The zero-order chi connectivity index (χ0) is 21.2. The van der Waals surface area contributed by atoms with Gasteiger partial charge < -0.3 is 10.2 Å². The fraction of sp³-hybridized carbons (Fsp3) is 0.783. The van der Waals surface area contributed by atoms with Gasteiger partial charge in [0, 0.05) is 18.0 Å². The van der Waals surface area contributed by atoms with Crippen LogP contribution in [-0.2, 0) is 16.8 Å². The van der Waals surface area contributed by atoms with Crippen molar-refractivity contribution < 1.29 is 9.59 Å². The first-order valence-corrected chi connectivity index (χ1v) is 11.4. The summed E-state index contributed by atoms with van der Waals surface area (Å²) in [7, 11) is 0. The van der Waals surface area contributed by atoms with Crippen LogP contribution in [0.15, 0.2) is 6.07 Å². The molecule has 1 aromatic rings. The molecule has 2 heterocycles. The number of carbonyl (C=O) groups excluding carboxylic acids is 2. The Bertz CT molecular complexity index is 741. The number of nitrogens with zero attached hydrogens (tertiary/aromatic N) is 3. The first kappa shape index (κ1) is 21.8. The third-order valence-corrected chi connectivity index (χ3v) is 6.44. The molecule has 29 heavy (non-hydrogen) atoms. The van der Waals surface area contributed by atoms with E-state index in [1.807, 2.05) is 19.9 Å². The van der Waals surface area contributed by atoms with Crippen molar-refractivity contribution in [3.63, 3.8) is 0 Å². The smallest absolute Gasteiger partial charge is 0.273 e. The van der Waals surface area contributed by atoms with E-state index < -0.39 is 5.54 Å². The van der Waals surface area contributed by atoms with E-state index in [2.05, 4.69) is 26.1 Å². The molecule has 1 aliphatic heterocycles. The van der Waals surface area contributed by atoms with Crippen LogP contribution in [0.25, 0.3) is 0 Å². The van der Waals surface area contributed by atoms with Crippen molar-refractivity contribution in [1.82, 2.24) is 20.0 Å². The lowest BCUT2D eigenvalue weighted by Gasteiger charge is -2.44. The zero-order valence-electron chi connectivity index (χ0n) is 18.9. The molecule has 1 atom stereocenters. The maximum atomic E-state index is 13.5. The zero-order valence-corrected chi connectivity index (χ0v) is 18.9. The summed E-state index contributed by atoms with van der Waals surface area (Å²) >= 11 is 0. The Labute approximate surface area is 175 Å². The molecule has 0 radical (unpaired) electrons. The molecule has 1 aromatic heterocycles. The summed E-state index contributed by atoms with van der Waals surface area (Å²) in [6.07, 6.45) is 9.00. The highest BCUT2D eigenvalue weighted by atomic mass is 16.2. The molecule has 0 unspecified atom stereocenters. The number of aromatic nitrogens is 2. The van der Waals surface area contributed by atoms with Gasteiger partial charge in [-0.25, -0.2) is 0 Å². The van der Waals surface area contributed by atoms with Crippen LogP contribution in [0.2, 0.25) is 0 Å². The van der Waals surface area contributed by atoms with Crippen molar-refractivity contribution in [2.75, 3.05) is 6.54 Å². The van der Waals surface area contributed by atoms with E-state index in [9.17, 15) is 9.59 Å². The van der Waals surface area contributed by atoms with Crippen LogP contribution in [-0.4, -0.2) is 44.6 Å². The highest BCUT2D eigenvalue weighted by Gasteiger charge is 2.48. The molecule has 6 heteroatoms. The number of amides is 2. The monoisotopic (exact) mass is 402 g/mol. The summed E-state index contributed by atoms with van der Waals surface area (Å²) < 4.78 is 1.76. The Hall–Kier alpha value is -1.85. The van der Waals surface area contributed by atoms with E-state index in [4.69, 9.17) is 5.10 Å². The molecule has 0 spiro atoms. The van der Waals surface area contributed by atoms with Gasteiger partial charge in [0.05, 0.1) is 12.2 Å². The Morgan fingerprint density at radius 1 is 1.21 bits per heavy atom. The van der Waals surface area contributed by atoms with Gasteiger partial charge in [0.15, 0.2) is 0 Å². The molecule has 0 saturated heterocycles. The maximum Gasteiger partial charge on any atom is 0.273 e. The van der Waals surface area contributed by atoms with Crippen LogP contribution in [0.3, 0.4) is 0 Å². The van der Waals surface area contributed by atoms with Crippen molar-refractivity contribution in [3.8, 4) is 0 Å². The van der Waals surface area contributed by atoms with E-state index >= 15 is 0 Å². The second-order valence-corrected chi connectivity index (χ2v) is 10.1. The second-order valence-electron chi connectivity index (χ2n) is 10.1. The van der Waals surface area contributed by atoms with Crippen LogP contribution in [0.5, 0.6) is 0 Å². The molecule has 1 fully saturated rings. The molecule has 162 valence electrons. The number of carbonyl (C=O) groups is 2. The SMILES string of the molecule is CCCN1C(=O)c2cc(C(C)(C)C)nn2C[C@@]1(C)C(=O)NC1CCCCCCC1. The van der Waals surface area contributed by atoms with Crippen molar-refractivity contribution in [1.29, 1.82) is 0 Å². The average molecular weight is 403 g/mol. The summed E-state index contributed by atoms with van der Waals surface area (Å²) in [5.74, 6) is -0.125. The quantitative estimate of drug-likeness (QED) is 0.827. The van der Waals surface area contributed by atoms with Gasteiger partial charge >= 0.3 is 0 Å². The van der Waals surface area contributed by atoms with Gasteiger partial charge in [0.25, 0.3) is 5.91 Å². The van der Waals surface area contributed by atoms with Gasteiger partial charge in [-0.15, -0.1) is 0 Å². The summed E-state index contributed by atoms with van der Waals surface area (Å²) in [4.78, 5) is 28.6. The minimum Gasteiger partial charge on any atom is -0.351 e. The maximum absolute atomic E-state index is 13.5. The minimum absolute atomic E-state index is 0.0386. The Kier molecular flexibility index (Phi) is 6.39. The van der Waals surface area contributed by atoms with E-state index in [0.29, 0.717) is 18.8 Å². The molecule has 1 saturated carbocycles. The predicted molar refractivity (Wildman–Crippen MR) is 115 cm³/mol. The third kappa shape index (κ3) is 4.51. The van der Waals surface area contributed by atoms with Gasteiger partial charge in [-0.05, 0) is 32.3 Å². The fourth-order valence-corrected chi connectivity index (χ4v) is 4.52. The van der Waals surface area contributed by atoms with E-state index in [1.54, 1.807) is 9.58 Å². The van der Waals surface area contributed by atoms with E-state index in [0.717, 1.165) is 37.8 Å². The molecule has 1 aliphatic carbocycles. The largest absolute Gasteiger partial charge is 0.351 e. The standard InChI is InChI=1S/C23H38N4O2/c1-6-14-26-20(28)18-15-19(22(2,3)4)25-27(18)16-23(26,5)21(29)24-17-12-10-8-7-9-11-13-17/h15,17H,6-14,16H2,1-5H3,(H,24,29)/t23-/m0/s1. The fourth-order valence-electron chi connectivity index (χ4n) is 4.52. The molecule has 6 nitrogen and oxygen atoms in total. The number of nitrogens with one attached hydrogen (secondary N) is 1. The van der Waals surface area contributed by atoms with Crippen molar-refractivity contribution in [2.45, 2.75) is 110 Å². The Morgan fingerprint density at radius 2 is 1.83 bits per heavy atom. The van der Waals surface area contributed by atoms with Crippen LogP contribution in [0.4, 0.5) is 0 Å². The van der Waals surface area contributed by atoms with Gasteiger partial charge in [-0.1, -0.05) is 59.8 Å². The molecule has 0 bridgehead atoms. The second kappa shape index (κ2) is 8.49. The Balaban J connectivity index is 1.87. The summed E-state index contributed by atoms with van der Waals surface area (Å²) in [5, 5.41) is 8.01. The topological polar surface area (TPSA) is 67.2 Å². The van der Waals surface area contributed by atoms with E-state index in [1.165, 1.54) is 19.3 Å². The molecule has 0 aromatic carbocycles. The van der Waals surface area contributed by atoms with Gasteiger partial charge in [0.1, 0.15) is 11.2 Å². The summed E-state index contributed by atoms with van der Waals surface area (Å²) in [6.45, 7) is 11.2. The predicted octanol–water partition coefficient (Wildman–Crippen LogP) is 4.03. The number of hydrogen-bond acceptors (Lipinski definition) is 3. The molecular weight excluding hydrogens is 364 g/mol. The number of fused-ring (bicyclic) bond motifs is 1. The highest BCUT2D eigenvalue weighted by Crippen LogP contribution is 2.31. The number of hydrogen-bond donors (Lipinski definition) is 1. The van der Waals surface area contributed by atoms with Crippen LogP contribution in [0, 0.1) is 0 Å². The molecule has 2 amide bonds. The van der Waals surface area contributed by atoms with Gasteiger partial charge in [0.2, 0.25) is 5.91 Å². The van der Waals surface area contributed by atoms with Gasteiger partial charge in [-0.3, -0.25) is 14.3 Å². The van der Waals surface area contributed by atoms with Crippen LogP contribution >= 0.6 is 0 Å². The molecule has 1 N–H and O–H groups in total. The van der Waals surface area contributed by atoms with Crippen LogP contribution < -0.4 is 5.32 Å². The Morgan fingerprint density at radius 3 is 2.41 bits per heavy atom. The first-order chi connectivity index (χ1) is 13.7. The first-order valence-electron chi connectivity index (χ1n) is 11.4. The average Bonchev–Trinajstić information content (AvgIpc) is 3.05. The van der Waals surface area contributed by atoms with Crippen molar-refractivity contribution in [3.05, 3.63) is 17.5 Å². The lowest BCUT2D eigenvalue weighted by molar-refractivity contribution is -0.134. The normalized spacial score (nSPS) is 24.0. The van der Waals surface area contributed by atoms with E-state index in [-0.39, 0.29) is 23.3 Å². The molecular formula is C23H38N4O2. The number of rotatable bonds is 4. The molecule has 2 aliphatic rings. The lowest BCUT2D eigenvalue weighted by atomic mass is 9.91. The van der Waals surface area contributed by atoms with Crippen LogP contribution in [0.1, 0.15) is 102 Å². The van der Waals surface area contributed by atoms with Gasteiger partial charge in [-0.2, -0.15) is 5.10 Å². The third-order valence-electron chi connectivity index (χ3n) is 6.44. The summed E-state index contributed by atoms with van der Waals surface area (Å²) in [6, 6.07) is 2.11. The lowest BCUT2D eigenvalue weighted by Crippen LogP contribution is -2.65. The summed E-state index contributed by atoms with van der Waals surface area (Å²) in [5.41, 5.74) is 0.433. The minimum atomic E-state index is -0.913. The van der Waals surface area contributed by atoms with Crippen molar-refractivity contribution >= 4 is 11.8 Å². The highest BCUT2D eigenvalue weighted by molar-refractivity contribution is 5.99. The molecule has 3 rings (SSSR count).